The van der Waals surface area contributed by atoms with Gasteiger partial charge >= 0.3 is 0 Å². The Labute approximate surface area is 96.1 Å². The molecular formula is C12H20N2S. The standard InChI is InChI=1S/C12H20N2S/c1-2-7-13-8-11-9-14-12(15-11)10-5-3-4-6-10/h9-10,13H,2-8H2,1H3. The van der Waals surface area contributed by atoms with Gasteiger partial charge in [-0.1, -0.05) is 19.8 Å². The van der Waals surface area contributed by atoms with E-state index in [4.69, 9.17) is 0 Å². The molecule has 1 N–H and O–H groups in total. The van der Waals surface area contributed by atoms with Crippen LogP contribution in [-0.4, -0.2) is 11.5 Å². The smallest absolute Gasteiger partial charge is 0.0959 e. The summed E-state index contributed by atoms with van der Waals surface area (Å²) >= 11 is 1.91. The second-order valence-electron chi connectivity index (χ2n) is 4.32. The molecule has 1 fully saturated rings. The molecular weight excluding hydrogens is 204 g/mol. The largest absolute Gasteiger partial charge is 0.312 e. The van der Waals surface area contributed by atoms with Crippen molar-refractivity contribution < 1.29 is 0 Å². The van der Waals surface area contributed by atoms with Crippen LogP contribution >= 0.6 is 11.3 Å². The summed E-state index contributed by atoms with van der Waals surface area (Å²) in [5.41, 5.74) is 0. The number of nitrogens with zero attached hydrogens (tertiary/aromatic N) is 1. The van der Waals surface area contributed by atoms with Gasteiger partial charge in [0.2, 0.25) is 0 Å². The van der Waals surface area contributed by atoms with Gasteiger partial charge in [-0.15, -0.1) is 11.3 Å². The molecule has 1 heterocycles. The number of thiazole rings is 1. The van der Waals surface area contributed by atoms with Crippen LogP contribution in [0.4, 0.5) is 0 Å². The third-order valence-corrected chi connectivity index (χ3v) is 4.16. The Kier molecular flexibility index (Phi) is 4.15. The summed E-state index contributed by atoms with van der Waals surface area (Å²) in [4.78, 5) is 5.95. The zero-order chi connectivity index (χ0) is 10.5. The SMILES string of the molecule is CCCNCc1cnc(C2CCCC2)s1. The molecule has 0 bridgehead atoms. The Morgan fingerprint density at radius 1 is 1.47 bits per heavy atom. The van der Waals surface area contributed by atoms with Gasteiger partial charge in [0.1, 0.15) is 0 Å². The summed E-state index contributed by atoms with van der Waals surface area (Å²) in [5.74, 6) is 0.773. The maximum absolute atomic E-state index is 4.56. The Hall–Kier alpha value is -0.410. The average Bonchev–Trinajstić information content (AvgIpc) is 2.87. The van der Waals surface area contributed by atoms with E-state index in [1.807, 2.05) is 11.3 Å². The molecule has 2 nitrogen and oxygen atoms in total. The molecule has 15 heavy (non-hydrogen) atoms. The molecule has 0 unspecified atom stereocenters. The Morgan fingerprint density at radius 2 is 2.27 bits per heavy atom. The second-order valence-corrected chi connectivity index (χ2v) is 5.47. The summed E-state index contributed by atoms with van der Waals surface area (Å²) in [6.45, 7) is 4.30. The third-order valence-electron chi connectivity index (χ3n) is 3.00. The van der Waals surface area contributed by atoms with Crippen LogP contribution in [0.3, 0.4) is 0 Å². The first-order chi connectivity index (χ1) is 7.40. The molecule has 0 spiro atoms. The summed E-state index contributed by atoms with van der Waals surface area (Å²) in [7, 11) is 0. The van der Waals surface area contributed by atoms with Gasteiger partial charge < -0.3 is 5.32 Å². The van der Waals surface area contributed by atoms with Gasteiger partial charge in [-0.05, 0) is 25.8 Å². The monoisotopic (exact) mass is 224 g/mol. The van der Waals surface area contributed by atoms with Gasteiger partial charge in [0.25, 0.3) is 0 Å². The van der Waals surface area contributed by atoms with Crippen molar-refractivity contribution in [1.29, 1.82) is 0 Å². The lowest BCUT2D eigenvalue weighted by atomic mass is 10.1. The number of rotatable bonds is 5. The van der Waals surface area contributed by atoms with Crippen molar-refractivity contribution in [3.63, 3.8) is 0 Å². The van der Waals surface area contributed by atoms with Gasteiger partial charge in [0.15, 0.2) is 0 Å². The number of hydrogen-bond donors (Lipinski definition) is 1. The van der Waals surface area contributed by atoms with Crippen LogP contribution in [0.2, 0.25) is 0 Å². The maximum Gasteiger partial charge on any atom is 0.0959 e. The molecule has 84 valence electrons. The lowest BCUT2D eigenvalue weighted by Crippen LogP contribution is -2.12. The molecule has 1 aromatic heterocycles. The van der Waals surface area contributed by atoms with Crippen LogP contribution in [-0.2, 0) is 6.54 Å². The minimum Gasteiger partial charge on any atom is -0.312 e. The van der Waals surface area contributed by atoms with Crippen molar-refractivity contribution in [1.82, 2.24) is 10.3 Å². The first-order valence-electron chi connectivity index (χ1n) is 6.05. The Bertz CT molecular complexity index is 290. The highest BCUT2D eigenvalue weighted by Gasteiger charge is 2.19. The van der Waals surface area contributed by atoms with Crippen molar-refractivity contribution in [2.75, 3.05) is 6.54 Å². The fourth-order valence-corrected chi connectivity index (χ4v) is 3.21. The molecule has 0 atom stereocenters. The second kappa shape index (κ2) is 5.61. The summed E-state index contributed by atoms with van der Waals surface area (Å²) < 4.78 is 0. The normalized spacial score (nSPS) is 17.4. The van der Waals surface area contributed by atoms with Crippen molar-refractivity contribution in [3.05, 3.63) is 16.1 Å². The van der Waals surface area contributed by atoms with Crippen LogP contribution in [0.15, 0.2) is 6.20 Å². The highest BCUT2D eigenvalue weighted by molar-refractivity contribution is 7.11. The van der Waals surface area contributed by atoms with Crippen LogP contribution < -0.4 is 5.32 Å². The van der Waals surface area contributed by atoms with E-state index in [2.05, 4.69) is 23.4 Å². The topological polar surface area (TPSA) is 24.9 Å². The third kappa shape index (κ3) is 3.02. The quantitative estimate of drug-likeness (QED) is 0.776. The average molecular weight is 224 g/mol. The lowest BCUT2D eigenvalue weighted by Gasteiger charge is -2.02. The van der Waals surface area contributed by atoms with Gasteiger partial charge in [0, 0.05) is 23.5 Å². The molecule has 1 saturated carbocycles. The highest BCUT2D eigenvalue weighted by Crippen LogP contribution is 2.35. The van der Waals surface area contributed by atoms with Crippen LogP contribution in [0.5, 0.6) is 0 Å². The van der Waals surface area contributed by atoms with E-state index in [1.165, 1.54) is 42.0 Å². The maximum atomic E-state index is 4.56. The molecule has 0 radical (unpaired) electrons. The van der Waals surface area contributed by atoms with E-state index in [9.17, 15) is 0 Å². The summed E-state index contributed by atoms with van der Waals surface area (Å²) in [6, 6.07) is 0. The zero-order valence-electron chi connectivity index (χ0n) is 9.46. The fourth-order valence-electron chi connectivity index (χ4n) is 2.15. The van der Waals surface area contributed by atoms with Crippen LogP contribution in [0.1, 0.15) is 54.8 Å². The Morgan fingerprint density at radius 3 is 3.00 bits per heavy atom. The van der Waals surface area contributed by atoms with Gasteiger partial charge in [0.05, 0.1) is 5.01 Å². The zero-order valence-corrected chi connectivity index (χ0v) is 10.3. The molecule has 0 amide bonds. The molecule has 3 heteroatoms. The first kappa shape index (κ1) is 11.1. The first-order valence-corrected chi connectivity index (χ1v) is 6.87. The number of hydrogen-bond acceptors (Lipinski definition) is 3. The van der Waals surface area contributed by atoms with Crippen molar-refractivity contribution in [2.24, 2.45) is 0 Å². The minimum atomic E-state index is 0.773. The van der Waals surface area contributed by atoms with E-state index in [0.717, 1.165) is 19.0 Å². The van der Waals surface area contributed by atoms with Gasteiger partial charge in [-0.3, -0.25) is 0 Å². The Balaban J connectivity index is 1.86. The van der Waals surface area contributed by atoms with E-state index in [0.29, 0.717) is 0 Å². The van der Waals surface area contributed by atoms with E-state index >= 15 is 0 Å². The lowest BCUT2D eigenvalue weighted by molar-refractivity contribution is 0.680. The predicted molar refractivity (Wildman–Crippen MR) is 65.3 cm³/mol. The fraction of sp³-hybridized carbons (Fsp3) is 0.750. The molecule has 1 aliphatic carbocycles. The van der Waals surface area contributed by atoms with E-state index < -0.39 is 0 Å². The molecule has 0 saturated heterocycles. The molecule has 1 aromatic rings. The van der Waals surface area contributed by atoms with Crippen LogP contribution in [0, 0.1) is 0 Å². The molecule has 0 aromatic carbocycles. The van der Waals surface area contributed by atoms with Crippen molar-refractivity contribution >= 4 is 11.3 Å². The minimum absolute atomic E-state index is 0.773. The number of nitrogens with one attached hydrogen (secondary N) is 1. The molecule has 0 aliphatic heterocycles. The van der Waals surface area contributed by atoms with Gasteiger partial charge in [-0.2, -0.15) is 0 Å². The predicted octanol–water partition coefficient (Wildman–Crippen LogP) is 3.30. The van der Waals surface area contributed by atoms with Gasteiger partial charge in [-0.25, -0.2) is 4.98 Å². The van der Waals surface area contributed by atoms with E-state index in [1.54, 1.807) is 0 Å². The van der Waals surface area contributed by atoms with Crippen molar-refractivity contribution in [2.45, 2.75) is 51.5 Å². The summed E-state index contributed by atoms with van der Waals surface area (Å²) in [6.07, 6.45) is 8.77. The molecule has 1 aliphatic rings. The number of aromatic nitrogens is 1. The van der Waals surface area contributed by atoms with Crippen molar-refractivity contribution in [3.8, 4) is 0 Å². The van der Waals surface area contributed by atoms with E-state index in [-0.39, 0.29) is 0 Å². The highest BCUT2D eigenvalue weighted by atomic mass is 32.1. The summed E-state index contributed by atoms with van der Waals surface area (Å²) in [5, 5.41) is 4.80. The molecule has 2 rings (SSSR count). The van der Waals surface area contributed by atoms with Crippen LogP contribution in [0.25, 0.3) is 0 Å².